The molecule has 4 aromatic rings. The molecule has 4 rings (SSSR count). The Labute approximate surface area is 197 Å². The molecule has 0 radical (unpaired) electrons. The van der Waals surface area contributed by atoms with Crippen molar-refractivity contribution in [2.45, 2.75) is 64.7 Å². The molecule has 3 aromatic carbocycles. The molecule has 0 aliphatic rings. The van der Waals surface area contributed by atoms with Gasteiger partial charge in [0, 0.05) is 10.8 Å². The smallest absolute Gasteiger partial charge is 0.182 e. The van der Waals surface area contributed by atoms with Crippen molar-refractivity contribution in [1.29, 1.82) is 0 Å². The highest BCUT2D eigenvalue weighted by Crippen LogP contribution is 2.37. The standard InChI is InChI=1S/C30H34OS/c1-2-3-4-5-6-7-8-10-13-24-16-18-25(19-17-24)26-20-21-27-23-30(32-29(27)22-26)31-28-14-11-9-12-15-28/h9,11-12,14-23H,2-8,10,13H2,1H3. The van der Waals surface area contributed by atoms with Crippen LogP contribution in [0, 0.1) is 0 Å². The summed E-state index contributed by atoms with van der Waals surface area (Å²) in [4.78, 5) is 0. The van der Waals surface area contributed by atoms with Crippen LogP contribution in [0.25, 0.3) is 21.2 Å². The van der Waals surface area contributed by atoms with Gasteiger partial charge in [-0.2, -0.15) is 0 Å². The molecular weight excluding hydrogens is 408 g/mol. The summed E-state index contributed by atoms with van der Waals surface area (Å²) in [6.45, 7) is 2.28. The summed E-state index contributed by atoms with van der Waals surface area (Å²) in [5, 5.41) is 2.17. The first-order valence-corrected chi connectivity index (χ1v) is 13.0. The van der Waals surface area contributed by atoms with Crippen molar-refractivity contribution in [2.24, 2.45) is 0 Å². The van der Waals surface area contributed by atoms with Gasteiger partial charge in [-0.15, -0.1) is 0 Å². The van der Waals surface area contributed by atoms with E-state index in [2.05, 4.69) is 55.5 Å². The minimum absolute atomic E-state index is 0.881. The molecule has 0 N–H and O–H groups in total. The van der Waals surface area contributed by atoms with Crippen LogP contribution >= 0.6 is 11.3 Å². The fourth-order valence-corrected chi connectivity index (χ4v) is 5.14. The van der Waals surface area contributed by atoms with Crippen molar-refractivity contribution in [2.75, 3.05) is 0 Å². The molecule has 0 saturated heterocycles. The second-order valence-electron chi connectivity index (χ2n) is 8.65. The molecule has 0 fully saturated rings. The van der Waals surface area contributed by atoms with Crippen molar-refractivity contribution in [3.8, 4) is 21.9 Å². The number of thiophene rings is 1. The molecule has 1 heterocycles. The number of fused-ring (bicyclic) bond motifs is 1. The van der Waals surface area contributed by atoms with Gasteiger partial charge in [0.25, 0.3) is 0 Å². The maximum Gasteiger partial charge on any atom is 0.182 e. The van der Waals surface area contributed by atoms with Crippen molar-refractivity contribution in [3.05, 3.63) is 84.4 Å². The topological polar surface area (TPSA) is 9.23 Å². The number of hydrogen-bond acceptors (Lipinski definition) is 2. The van der Waals surface area contributed by atoms with Gasteiger partial charge in [0.1, 0.15) is 5.75 Å². The highest BCUT2D eigenvalue weighted by molar-refractivity contribution is 7.20. The SMILES string of the molecule is CCCCCCCCCCc1ccc(-c2ccc3cc(Oc4ccccc4)sc3c2)cc1. The number of unbranched alkanes of at least 4 members (excludes halogenated alkanes) is 7. The lowest BCUT2D eigenvalue weighted by Gasteiger charge is -2.06. The van der Waals surface area contributed by atoms with Crippen LogP contribution in [0.15, 0.2) is 78.9 Å². The van der Waals surface area contributed by atoms with Crippen LogP contribution in [-0.2, 0) is 6.42 Å². The van der Waals surface area contributed by atoms with Gasteiger partial charge in [-0.25, -0.2) is 0 Å². The molecule has 166 valence electrons. The molecule has 0 saturated carbocycles. The molecule has 0 unspecified atom stereocenters. The minimum atomic E-state index is 0.881. The molecule has 1 aromatic heterocycles. The first-order valence-electron chi connectivity index (χ1n) is 12.2. The second kappa shape index (κ2) is 11.9. The van der Waals surface area contributed by atoms with Gasteiger partial charge in [0.05, 0.1) is 0 Å². The quantitative estimate of drug-likeness (QED) is 0.198. The fraction of sp³-hybridized carbons (Fsp3) is 0.333. The van der Waals surface area contributed by atoms with Crippen molar-refractivity contribution in [3.63, 3.8) is 0 Å². The van der Waals surface area contributed by atoms with Crippen LogP contribution in [0.5, 0.6) is 10.8 Å². The maximum atomic E-state index is 6.02. The Balaban J connectivity index is 1.31. The molecule has 0 amide bonds. The minimum Gasteiger partial charge on any atom is -0.447 e. The normalized spacial score (nSPS) is 11.2. The van der Waals surface area contributed by atoms with Crippen LogP contribution in [0.4, 0.5) is 0 Å². The average molecular weight is 443 g/mol. The van der Waals surface area contributed by atoms with E-state index < -0.39 is 0 Å². The van der Waals surface area contributed by atoms with Crippen LogP contribution in [0.3, 0.4) is 0 Å². The van der Waals surface area contributed by atoms with E-state index >= 15 is 0 Å². The zero-order valence-electron chi connectivity index (χ0n) is 19.2. The van der Waals surface area contributed by atoms with E-state index in [0.717, 1.165) is 10.8 Å². The van der Waals surface area contributed by atoms with E-state index in [1.54, 1.807) is 11.3 Å². The molecule has 32 heavy (non-hydrogen) atoms. The Hall–Kier alpha value is -2.58. The molecule has 2 heteroatoms. The fourth-order valence-electron chi connectivity index (χ4n) is 4.17. The number of benzene rings is 3. The van der Waals surface area contributed by atoms with Crippen molar-refractivity contribution < 1.29 is 4.74 Å². The third kappa shape index (κ3) is 6.46. The summed E-state index contributed by atoms with van der Waals surface area (Å²) >= 11 is 1.70. The van der Waals surface area contributed by atoms with Crippen molar-refractivity contribution >= 4 is 21.4 Å². The summed E-state index contributed by atoms with van der Waals surface area (Å²) in [5.74, 6) is 0.881. The van der Waals surface area contributed by atoms with Gasteiger partial charge in [0.15, 0.2) is 5.06 Å². The van der Waals surface area contributed by atoms with E-state index in [1.165, 1.54) is 84.6 Å². The largest absolute Gasteiger partial charge is 0.447 e. The van der Waals surface area contributed by atoms with E-state index in [4.69, 9.17) is 4.74 Å². The number of para-hydroxylation sites is 1. The van der Waals surface area contributed by atoms with Crippen LogP contribution in [0.2, 0.25) is 0 Å². The average Bonchev–Trinajstić information content (AvgIpc) is 3.23. The first kappa shape index (κ1) is 22.6. The number of aryl methyl sites for hydroxylation is 1. The van der Waals surface area contributed by atoms with E-state index in [-0.39, 0.29) is 0 Å². The van der Waals surface area contributed by atoms with Gasteiger partial charge in [0.2, 0.25) is 0 Å². The Morgan fingerprint density at radius 3 is 2.09 bits per heavy atom. The Morgan fingerprint density at radius 1 is 0.656 bits per heavy atom. The first-order chi connectivity index (χ1) is 15.8. The lowest BCUT2D eigenvalue weighted by atomic mass is 10.0. The Kier molecular flexibility index (Phi) is 8.39. The molecular formula is C30H34OS. The molecule has 0 aliphatic carbocycles. The van der Waals surface area contributed by atoms with Crippen LogP contribution in [-0.4, -0.2) is 0 Å². The van der Waals surface area contributed by atoms with Gasteiger partial charge in [-0.05, 0) is 53.1 Å². The van der Waals surface area contributed by atoms with E-state index in [1.807, 2.05) is 30.3 Å². The summed E-state index contributed by atoms with van der Waals surface area (Å²) in [5.41, 5.74) is 4.00. The lowest BCUT2D eigenvalue weighted by Crippen LogP contribution is -1.87. The highest BCUT2D eigenvalue weighted by atomic mass is 32.1. The lowest BCUT2D eigenvalue weighted by molar-refractivity contribution is 0.497. The Bertz CT molecular complexity index is 1080. The third-order valence-electron chi connectivity index (χ3n) is 6.07. The molecule has 1 nitrogen and oxygen atoms in total. The predicted octanol–water partition coefficient (Wildman–Crippen LogP) is 10.0. The molecule has 0 spiro atoms. The number of rotatable bonds is 12. The van der Waals surface area contributed by atoms with Crippen LogP contribution < -0.4 is 4.74 Å². The zero-order valence-corrected chi connectivity index (χ0v) is 20.0. The van der Waals surface area contributed by atoms with Crippen molar-refractivity contribution in [1.82, 2.24) is 0 Å². The van der Waals surface area contributed by atoms with E-state index in [9.17, 15) is 0 Å². The molecule has 0 atom stereocenters. The summed E-state index contributed by atoms with van der Waals surface area (Å²) in [7, 11) is 0. The maximum absolute atomic E-state index is 6.02. The highest BCUT2D eigenvalue weighted by Gasteiger charge is 2.06. The molecule has 0 bridgehead atoms. The number of hydrogen-bond donors (Lipinski definition) is 0. The van der Waals surface area contributed by atoms with Gasteiger partial charge < -0.3 is 4.74 Å². The van der Waals surface area contributed by atoms with Gasteiger partial charge in [-0.1, -0.05) is 118 Å². The molecule has 0 aliphatic heterocycles. The Morgan fingerprint density at radius 2 is 1.34 bits per heavy atom. The second-order valence-corrected chi connectivity index (χ2v) is 9.70. The van der Waals surface area contributed by atoms with Crippen LogP contribution in [0.1, 0.15) is 63.9 Å². The zero-order chi connectivity index (χ0) is 22.0. The number of ether oxygens (including phenoxy) is 1. The van der Waals surface area contributed by atoms with E-state index in [0.29, 0.717) is 0 Å². The van der Waals surface area contributed by atoms with Gasteiger partial charge in [-0.3, -0.25) is 0 Å². The summed E-state index contributed by atoms with van der Waals surface area (Å²) in [6.07, 6.45) is 12.2. The predicted molar refractivity (Wildman–Crippen MR) is 140 cm³/mol. The summed E-state index contributed by atoms with van der Waals surface area (Å²) in [6, 6.07) is 28.0. The summed E-state index contributed by atoms with van der Waals surface area (Å²) < 4.78 is 7.28. The third-order valence-corrected chi connectivity index (χ3v) is 7.04. The van der Waals surface area contributed by atoms with Gasteiger partial charge >= 0.3 is 0 Å². The monoisotopic (exact) mass is 442 g/mol.